The Kier molecular flexibility index (Phi) is 5.50. The van der Waals surface area contributed by atoms with Gasteiger partial charge in [-0.15, -0.1) is 0 Å². The summed E-state index contributed by atoms with van der Waals surface area (Å²) in [7, 11) is 3.30. The molecule has 0 saturated heterocycles. The molecule has 2 aromatic rings. The summed E-state index contributed by atoms with van der Waals surface area (Å²) < 4.78 is 10.4. The van der Waals surface area contributed by atoms with E-state index in [-0.39, 0.29) is 11.9 Å². The number of methoxy groups -OCH3 is 2. The summed E-state index contributed by atoms with van der Waals surface area (Å²) in [5, 5.41) is 6.23. The SMILES string of the molecule is COCCNC(=O)c1ccc(NC2CCc3c(OC)cccc32)nc1. The number of hydrogen-bond donors (Lipinski definition) is 2. The third kappa shape index (κ3) is 3.91. The Morgan fingerprint density at radius 2 is 2.16 bits per heavy atom. The Balaban J connectivity index is 1.65. The standard InChI is InChI=1S/C19H23N3O3/c1-24-11-10-20-19(23)13-6-9-18(21-12-13)22-16-8-7-15-14(16)4-3-5-17(15)25-2/h3-6,9,12,16H,7-8,10-11H2,1-2H3,(H,20,23)(H,21,22). The van der Waals surface area contributed by atoms with Crippen LogP contribution in [0.3, 0.4) is 0 Å². The van der Waals surface area contributed by atoms with Gasteiger partial charge in [0, 0.05) is 19.9 Å². The summed E-state index contributed by atoms with van der Waals surface area (Å²) in [6, 6.07) is 9.95. The third-order valence-corrected chi connectivity index (χ3v) is 4.39. The first-order valence-electron chi connectivity index (χ1n) is 8.38. The van der Waals surface area contributed by atoms with Crippen molar-refractivity contribution in [3.05, 3.63) is 53.2 Å². The zero-order valence-corrected chi connectivity index (χ0v) is 14.5. The van der Waals surface area contributed by atoms with Crippen molar-refractivity contribution in [2.24, 2.45) is 0 Å². The molecule has 1 amide bonds. The number of amides is 1. The number of aromatic nitrogens is 1. The molecule has 1 aliphatic rings. The zero-order valence-electron chi connectivity index (χ0n) is 14.5. The van der Waals surface area contributed by atoms with E-state index in [9.17, 15) is 4.79 Å². The second-order valence-electron chi connectivity index (χ2n) is 5.94. The summed E-state index contributed by atoms with van der Waals surface area (Å²) in [5.41, 5.74) is 3.05. The van der Waals surface area contributed by atoms with Crippen LogP contribution in [0.15, 0.2) is 36.5 Å². The van der Waals surface area contributed by atoms with Gasteiger partial charge in [-0.3, -0.25) is 4.79 Å². The number of carbonyl (C=O) groups excluding carboxylic acids is 1. The largest absolute Gasteiger partial charge is 0.496 e. The number of carbonyl (C=O) groups is 1. The van der Waals surface area contributed by atoms with Crippen LogP contribution in [0, 0.1) is 0 Å². The molecule has 0 aliphatic heterocycles. The van der Waals surface area contributed by atoms with Crippen molar-refractivity contribution in [2.75, 3.05) is 32.7 Å². The Bertz CT molecular complexity index is 731. The topological polar surface area (TPSA) is 72.5 Å². The first-order valence-corrected chi connectivity index (χ1v) is 8.38. The van der Waals surface area contributed by atoms with Gasteiger partial charge in [-0.05, 0) is 42.2 Å². The molecule has 0 saturated carbocycles. The van der Waals surface area contributed by atoms with Crippen molar-refractivity contribution >= 4 is 11.7 Å². The molecule has 0 bridgehead atoms. The molecule has 0 radical (unpaired) electrons. The Morgan fingerprint density at radius 1 is 1.28 bits per heavy atom. The second kappa shape index (κ2) is 7.98. The number of benzene rings is 1. The van der Waals surface area contributed by atoms with Crippen LogP contribution >= 0.6 is 0 Å². The predicted octanol–water partition coefficient (Wildman–Crippen LogP) is 2.57. The first kappa shape index (κ1) is 17.2. The highest BCUT2D eigenvalue weighted by Crippen LogP contribution is 2.38. The summed E-state index contributed by atoms with van der Waals surface area (Å²) >= 11 is 0. The molecule has 132 valence electrons. The lowest BCUT2D eigenvalue weighted by Gasteiger charge is -2.15. The quantitative estimate of drug-likeness (QED) is 0.757. The number of anilines is 1. The normalized spacial score (nSPS) is 15.5. The van der Waals surface area contributed by atoms with Crippen molar-refractivity contribution < 1.29 is 14.3 Å². The molecule has 1 atom stereocenters. The van der Waals surface area contributed by atoms with Gasteiger partial charge in [0.1, 0.15) is 11.6 Å². The molecule has 0 fully saturated rings. The smallest absolute Gasteiger partial charge is 0.252 e. The second-order valence-corrected chi connectivity index (χ2v) is 5.94. The molecule has 6 nitrogen and oxygen atoms in total. The number of ether oxygens (including phenoxy) is 2. The van der Waals surface area contributed by atoms with Crippen LogP contribution in [-0.2, 0) is 11.2 Å². The molecule has 1 aromatic carbocycles. The van der Waals surface area contributed by atoms with Crippen LogP contribution in [0.1, 0.15) is 33.9 Å². The van der Waals surface area contributed by atoms with E-state index in [1.807, 2.05) is 18.2 Å². The minimum atomic E-state index is -0.146. The lowest BCUT2D eigenvalue weighted by Crippen LogP contribution is -2.27. The average molecular weight is 341 g/mol. The molecule has 1 aliphatic carbocycles. The maximum Gasteiger partial charge on any atom is 0.252 e. The lowest BCUT2D eigenvalue weighted by atomic mass is 10.1. The summed E-state index contributed by atoms with van der Waals surface area (Å²) in [6.45, 7) is 0.972. The molecule has 1 heterocycles. The van der Waals surface area contributed by atoms with Crippen molar-refractivity contribution in [3.63, 3.8) is 0 Å². The van der Waals surface area contributed by atoms with Crippen LogP contribution in [0.2, 0.25) is 0 Å². The minimum absolute atomic E-state index is 0.146. The minimum Gasteiger partial charge on any atom is -0.496 e. The monoisotopic (exact) mass is 341 g/mol. The maximum atomic E-state index is 12.0. The molecule has 6 heteroatoms. The van der Waals surface area contributed by atoms with Crippen molar-refractivity contribution in [3.8, 4) is 5.75 Å². The van der Waals surface area contributed by atoms with E-state index in [1.54, 1.807) is 26.5 Å². The highest BCUT2D eigenvalue weighted by atomic mass is 16.5. The fourth-order valence-electron chi connectivity index (χ4n) is 3.12. The van der Waals surface area contributed by atoms with Crippen LogP contribution in [0.25, 0.3) is 0 Å². The first-order chi connectivity index (χ1) is 12.2. The Labute approximate surface area is 147 Å². The molecular formula is C19H23N3O3. The van der Waals surface area contributed by atoms with Gasteiger partial charge in [0.25, 0.3) is 5.91 Å². The molecular weight excluding hydrogens is 318 g/mol. The van der Waals surface area contributed by atoms with Gasteiger partial charge in [0.15, 0.2) is 0 Å². The highest BCUT2D eigenvalue weighted by Gasteiger charge is 2.25. The predicted molar refractivity (Wildman–Crippen MR) is 96.1 cm³/mol. The number of nitrogens with zero attached hydrogens (tertiary/aromatic N) is 1. The van der Waals surface area contributed by atoms with Crippen LogP contribution in [0.4, 0.5) is 5.82 Å². The maximum absolute atomic E-state index is 12.0. The van der Waals surface area contributed by atoms with E-state index in [4.69, 9.17) is 9.47 Å². The van der Waals surface area contributed by atoms with Crippen molar-refractivity contribution in [2.45, 2.75) is 18.9 Å². The number of fused-ring (bicyclic) bond motifs is 1. The zero-order chi connectivity index (χ0) is 17.6. The van der Waals surface area contributed by atoms with E-state index in [1.165, 1.54) is 11.1 Å². The molecule has 3 rings (SSSR count). The van der Waals surface area contributed by atoms with Gasteiger partial charge in [-0.25, -0.2) is 4.98 Å². The number of pyridine rings is 1. The summed E-state index contributed by atoms with van der Waals surface area (Å²) in [4.78, 5) is 16.3. The van der Waals surface area contributed by atoms with E-state index >= 15 is 0 Å². The fraction of sp³-hybridized carbons (Fsp3) is 0.368. The number of nitrogens with one attached hydrogen (secondary N) is 2. The fourth-order valence-corrected chi connectivity index (χ4v) is 3.12. The van der Waals surface area contributed by atoms with Gasteiger partial charge < -0.3 is 20.1 Å². The average Bonchev–Trinajstić information content (AvgIpc) is 3.05. The number of rotatable bonds is 7. The van der Waals surface area contributed by atoms with E-state index in [0.29, 0.717) is 18.7 Å². The van der Waals surface area contributed by atoms with Crippen LogP contribution in [0.5, 0.6) is 5.75 Å². The van der Waals surface area contributed by atoms with Crippen LogP contribution in [-0.4, -0.2) is 38.3 Å². The molecule has 1 unspecified atom stereocenters. The van der Waals surface area contributed by atoms with E-state index in [0.717, 1.165) is 24.4 Å². The van der Waals surface area contributed by atoms with Gasteiger partial charge in [0.2, 0.25) is 0 Å². The molecule has 1 aromatic heterocycles. The molecule has 25 heavy (non-hydrogen) atoms. The lowest BCUT2D eigenvalue weighted by molar-refractivity contribution is 0.0937. The van der Waals surface area contributed by atoms with Gasteiger partial charge in [-0.1, -0.05) is 12.1 Å². The van der Waals surface area contributed by atoms with Gasteiger partial charge >= 0.3 is 0 Å². The highest BCUT2D eigenvalue weighted by molar-refractivity contribution is 5.94. The number of hydrogen-bond acceptors (Lipinski definition) is 5. The van der Waals surface area contributed by atoms with Crippen LogP contribution < -0.4 is 15.4 Å². The Hall–Kier alpha value is -2.60. The molecule has 0 spiro atoms. The van der Waals surface area contributed by atoms with Gasteiger partial charge in [0.05, 0.1) is 25.3 Å². The van der Waals surface area contributed by atoms with Gasteiger partial charge in [-0.2, -0.15) is 0 Å². The van der Waals surface area contributed by atoms with E-state index < -0.39 is 0 Å². The summed E-state index contributed by atoms with van der Waals surface area (Å²) in [6.07, 6.45) is 3.57. The molecule has 2 N–H and O–H groups in total. The van der Waals surface area contributed by atoms with Crippen molar-refractivity contribution in [1.82, 2.24) is 10.3 Å². The van der Waals surface area contributed by atoms with E-state index in [2.05, 4.69) is 21.7 Å². The third-order valence-electron chi connectivity index (χ3n) is 4.39. The Morgan fingerprint density at radius 3 is 2.88 bits per heavy atom. The summed E-state index contributed by atoms with van der Waals surface area (Å²) in [5.74, 6) is 1.55. The van der Waals surface area contributed by atoms with Crippen molar-refractivity contribution in [1.29, 1.82) is 0 Å².